The molecule has 0 bridgehead atoms. The molecular weight excluding hydrogens is 348 g/mol. The van der Waals surface area contributed by atoms with Crippen LogP contribution in [0.25, 0.3) is 22.3 Å². The highest BCUT2D eigenvalue weighted by atomic mass is 15.1. The molecule has 0 aliphatic rings. The number of aromatic nitrogens is 4. The summed E-state index contributed by atoms with van der Waals surface area (Å²) >= 11 is 0. The molecular formula is C22H24N6. The summed E-state index contributed by atoms with van der Waals surface area (Å²) in [6.07, 6.45) is 6.53. The van der Waals surface area contributed by atoms with Crippen molar-refractivity contribution >= 4 is 22.7 Å². The lowest BCUT2D eigenvalue weighted by Gasteiger charge is -2.12. The fourth-order valence-corrected chi connectivity index (χ4v) is 3.23. The second-order valence-electron chi connectivity index (χ2n) is 7.19. The largest absolute Gasteiger partial charge is 0.345 e. The molecule has 4 aromatic rings. The molecule has 0 spiro atoms. The van der Waals surface area contributed by atoms with Gasteiger partial charge in [-0.2, -0.15) is 0 Å². The van der Waals surface area contributed by atoms with Crippen molar-refractivity contribution in [1.82, 2.24) is 24.8 Å². The minimum absolute atomic E-state index is 0.583. The summed E-state index contributed by atoms with van der Waals surface area (Å²) in [5.41, 5.74) is 6.27. The number of hydrogen-bond donors (Lipinski definition) is 2. The Morgan fingerprint density at radius 3 is 2.79 bits per heavy atom. The Hall–Kier alpha value is -3.25. The Labute approximate surface area is 164 Å². The lowest BCUT2D eigenvalue weighted by molar-refractivity contribution is 0.413. The maximum atomic E-state index is 4.71. The van der Waals surface area contributed by atoms with E-state index in [0.29, 0.717) is 5.95 Å². The summed E-state index contributed by atoms with van der Waals surface area (Å²) in [5, 5.41) is 4.41. The number of hydrogen-bond acceptors (Lipinski definition) is 5. The van der Waals surface area contributed by atoms with E-state index in [0.717, 1.165) is 40.9 Å². The first-order chi connectivity index (χ1) is 13.6. The van der Waals surface area contributed by atoms with Gasteiger partial charge in [0.2, 0.25) is 5.95 Å². The maximum Gasteiger partial charge on any atom is 0.227 e. The van der Waals surface area contributed by atoms with Gasteiger partial charge in [0, 0.05) is 41.8 Å². The SMILES string of the molecule is Cc1cc(CCN(C)C)ccc1Nc1nccc(-c2c[nH]c3ncccc23)n1. The van der Waals surface area contributed by atoms with Gasteiger partial charge in [0.15, 0.2) is 0 Å². The van der Waals surface area contributed by atoms with Crippen LogP contribution in [0.15, 0.2) is 55.0 Å². The smallest absolute Gasteiger partial charge is 0.227 e. The van der Waals surface area contributed by atoms with Gasteiger partial charge < -0.3 is 15.2 Å². The first-order valence-corrected chi connectivity index (χ1v) is 9.37. The molecule has 6 heteroatoms. The summed E-state index contributed by atoms with van der Waals surface area (Å²) in [6.45, 7) is 3.15. The van der Waals surface area contributed by atoms with Crippen LogP contribution >= 0.6 is 0 Å². The zero-order valence-corrected chi connectivity index (χ0v) is 16.4. The summed E-state index contributed by atoms with van der Waals surface area (Å²) in [6, 6.07) is 12.4. The quantitative estimate of drug-likeness (QED) is 0.531. The lowest BCUT2D eigenvalue weighted by Crippen LogP contribution is -2.15. The molecule has 0 aliphatic carbocycles. The van der Waals surface area contributed by atoms with Crippen LogP contribution in [0.3, 0.4) is 0 Å². The van der Waals surface area contributed by atoms with Crippen molar-refractivity contribution in [3.05, 3.63) is 66.1 Å². The molecule has 0 unspecified atom stereocenters. The van der Waals surface area contributed by atoms with Crippen molar-refractivity contribution in [2.24, 2.45) is 0 Å². The lowest BCUT2D eigenvalue weighted by atomic mass is 10.1. The summed E-state index contributed by atoms with van der Waals surface area (Å²) in [5.74, 6) is 0.583. The number of aromatic amines is 1. The number of aryl methyl sites for hydroxylation is 1. The third-order valence-electron chi connectivity index (χ3n) is 4.77. The highest BCUT2D eigenvalue weighted by Crippen LogP contribution is 2.27. The predicted octanol–water partition coefficient (Wildman–Crippen LogP) is 4.18. The summed E-state index contributed by atoms with van der Waals surface area (Å²) in [4.78, 5) is 18.8. The molecule has 142 valence electrons. The number of H-pyrrole nitrogens is 1. The summed E-state index contributed by atoms with van der Waals surface area (Å²) in [7, 11) is 4.19. The molecule has 0 saturated heterocycles. The minimum atomic E-state index is 0.583. The van der Waals surface area contributed by atoms with Gasteiger partial charge in [0.25, 0.3) is 0 Å². The van der Waals surface area contributed by atoms with Gasteiger partial charge >= 0.3 is 0 Å². The van der Waals surface area contributed by atoms with Crippen LogP contribution in [0.5, 0.6) is 0 Å². The van der Waals surface area contributed by atoms with Gasteiger partial charge in [-0.1, -0.05) is 12.1 Å². The topological polar surface area (TPSA) is 69.7 Å². The van der Waals surface area contributed by atoms with E-state index in [1.807, 2.05) is 24.4 Å². The molecule has 3 heterocycles. The third kappa shape index (κ3) is 3.87. The predicted molar refractivity (Wildman–Crippen MR) is 114 cm³/mol. The van der Waals surface area contributed by atoms with E-state index in [4.69, 9.17) is 4.98 Å². The highest BCUT2D eigenvalue weighted by molar-refractivity contribution is 5.92. The van der Waals surface area contributed by atoms with Crippen molar-refractivity contribution < 1.29 is 0 Å². The number of likely N-dealkylation sites (N-methyl/N-ethyl adjacent to an activating group) is 1. The number of rotatable bonds is 6. The zero-order chi connectivity index (χ0) is 19.5. The standard InChI is InChI=1S/C22H24N6/c1-15-13-16(9-12-28(2)3)6-7-19(15)26-22-24-11-8-20(27-22)18-14-25-21-17(18)5-4-10-23-21/h4-8,10-11,13-14H,9,12H2,1-3H3,(H,23,25)(H,24,26,27). The van der Waals surface area contributed by atoms with E-state index < -0.39 is 0 Å². The Morgan fingerprint density at radius 1 is 1.07 bits per heavy atom. The molecule has 0 atom stereocenters. The number of nitrogens with one attached hydrogen (secondary N) is 2. The summed E-state index contributed by atoms with van der Waals surface area (Å²) < 4.78 is 0. The molecule has 2 N–H and O–H groups in total. The van der Waals surface area contributed by atoms with Crippen molar-refractivity contribution in [3.63, 3.8) is 0 Å². The van der Waals surface area contributed by atoms with Crippen molar-refractivity contribution in [1.29, 1.82) is 0 Å². The van der Waals surface area contributed by atoms with Crippen LogP contribution in [0.1, 0.15) is 11.1 Å². The molecule has 3 aromatic heterocycles. The second kappa shape index (κ2) is 7.78. The van der Waals surface area contributed by atoms with Crippen molar-refractivity contribution in [2.75, 3.05) is 26.0 Å². The van der Waals surface area contributed by atoms with Crippen LogP contribution < -0.4 is 5.32 Å². The normalized spacial score (nSPS) is 11.3. The maximum absolute atomic E-state index is 4.71. The minimum Gasteiger partial charge on any atom is -0.345 e. The molecule has 28 heavy (non-hydrogen) atoms. The first kappa shape index (κ1) is 18.1. The zero-order valence-electron chi connectivity index (χ0n) is 16.4. The number of benzene rings is 1. The average molecular weight is 372 g/mol. The Kier molecular flexibility index (Phi) is 5.04. The second-order valence-corrected chi connectivity index (χ2v) is 7.19. The Morgan fingerprint density at radius 2 is 1.96 bits per heavy atom. The molecule has 6 nitrogen and oxygen atoms in total. The van der Waals surface area contributed by atoms with Crippen LogP contribution in [0.2, 0.25) is 0 Å². The van der Waals surface area contributed by atoms with E-state index in [2.05, 4.69) is 64.4 Å². The third-order valence-corrected chi connectivity index (χ3v) is 4.77. The van der Waals surface area contributed by atoms with Gasteiger partial charge in [0.05, 0.1) is 5.69 Å². The van der Waals surface area contributed by atoms with Gasteiger partial charge in [-0.05, 0) is 62.8 Å². The van der Waals surface area contributed by atoms with Crippen molar-refractivity contribution in [2.45, 2.75) is 13.3 Å². The van der Waals surface area contributed by atoms with Gasteiger partial charge in [-0.3, -0.25) is 0 Å². The van der Waals surface area contributed by atoms with Crippen LogP contribution in [0, 0.1) is 6.92 Å². The van der Waals surface area contributed by atoms with E-state index in [-0.39, 0.29) is 0 Å². The number of anilines is 2. The Balaban J connectivity index is 1.57. The monoisotopic (exact) mass is 372 g/mol. The molecule has 0 saturated carbocycles. The fraction of sp³-hybridized carbons (Fsp3) is 0.227. The van der Waals surface area contributed by atoms with E-state index in [1.54, 1.807) is 12.4 Å². The molecule has 1 aromatic carbocycles. The van der Waals surface area contributed by atoms with Crippen LogP contribution in [-0.4, -0.2) is 45.5 Å². The van der Waals surface area contributed by atoms with E-state index in [1.165, 1.54) is 11.1 Å². The Bertz CT molecular complexity index is 1100. The molecule has 0 amide bonds. The first-order valence-electron chi connectivity index (χ1n) is 9.37. The van der Waals surface area contributed by atoms with Gasteiger partial charge in [-0.25, -0.2) is 15.0 Å². The number of nitrogens with zero attached hydrogens (tertiary/aromatic N) is 4. The molecule has 0 radical (unpaired) electrons. The molecule has 0 fully saturated rings. The van der Waals surface area contributed by atoms with Crippen molar-refractivity contribution in [3.8, 4) is 11.3 Å². The van der Waals surface area contributed by atoms with Crippen LogP contribution in [-0.2, 0) is 6.42 Å². The van der Waals surface area contributed by atoms with Gasteiger partial charge in [0.1, 0.15) is 5.65 Å². The van der Waals surface area contributed by atoms with Crippen LogP contribution in [0.4, 0.5) is 11.6 Å². The van der Waals surface area contributed by atoms with E-state index >= 15 is 0 Å². The highest BCUT2D eigenvalue weighted by Gasteiger charge is 2.10. The fourth-order valence-electron chi connectivity index (χ4n) is 3.23. The molecule has 0 aliphatic heterocycles. The van der Waals surface area contributed by atoms with Gasteiger partial charge in [-0.15, -0.1) is 0 Å². The van der Waals surface area contributed by atoms with E-state index in [9.17, 15) is 0 Å². The molecule has 4 rings (SSSR count). The number of fused-ring (bicyclic) bond motifs is 1. The average Bonchev–Trinajstić information content (AvgIpc) is 3.13. The number of pyridine rings is 1.